The molecule has 0 saturated heterocycles. The minimum absolute atomic E-state index is 0.409. The van der Waals surface area contributed by atoms with Crippen LogP contribution >= 0.6 is 0 Å². The molecule has 2 atom stereocenters. The first-order valence-electron chi connectivity index (χ1n) is 11.1. The third-order valence-electron chi connectivity index (χ3n) is 5.24. The Morgan fingerprint density at radius 1 is 1.03 bits per heavy atom. The minimum atomic E-state index is -1.28. The SMILES string of the molecule is Cc1cccc(C(C(=O)Nc2c(C)cccc2C)N(C)C(=O)C(CO)NC(=O)OC(C)(C)C)c1. The van der Waals surface area contributed by atoms with Gasteiger partial charge in [-0.25, -0.2) is 4.79 Å². The zero-order chi connectivity index (χ0) is 25.6. The van der Waals surface area contributed by atoms with Crippen molar-refractivity contribution in [3.05, 3.63) is 64.7 Å². The maximum Gasteiger partial charge on any atom is 0.408 e. The second-order valence-corrected chi connectivity index (χ2v) is 9.40. The predicted molar refractivity (Wildman–Crippen MR) is 131 cm³/mol. The van der Waals surface area contributed by atoms with Crippen molar-refractivity contribution in [1.29, 1.82) is 0 Å². The van der Waals surface area contributed by atoms with Crippen LogP contribution in [0.1, 0.15) is 49.1 Å². The summed E-state index contributed by atoms with van der Waals surface area (Å²) >= 11 is 0. The molecule has 8 nitrogen and oxygen atoms in total. The smallest absolute Gasteiger partial charge is 0.408 e. The van der Waals surface area contributed by atoms with E-state index in [1.54, 1.807) is 26.8 Å². The van der Waals surface area contributed by atoms with E-state index in [4.69, 9.17) is 4.74 Å². The number of ether oxygens (including phenoxy) is 1. The summed E-state index contributed by atoms with van der Waals surface area (Å²) in [6.45, 7) is 10.1. The summed E-state index contributed by atoms with van der Waals surface area (Å²) in [6.07, 6.45) is -0.833. The quantitative estimate of drug-likeness (QED) is 0.574. The molecule has 2 aromatic carbocycles. The fraction of sp³-hybridized carbons (Fsp3) is 0.423. The molecule has 2 aromatic rings. The van der Waals surface area contributed by atoms with Crippen LogP contribution in [-0.4, -0.2) is 53.2 Å². The normalized spacial score (nSPS) is 12.9. The van der Waals surface area contributed by atoms with Crippen LogP contribution in [0.5, 0.6) is 0 Å². The van der Waals surface area contributed by atoms with Crippen molar-refractivity contribution in [2.24, 2.45) is 0 Å². The number of rotatable bonds is 7. The average Bonchev–Trinajstić information content (AvgIpc) is 2.73. The molecule has 0 heterocycles. The number of nitrogens with zero attached hydrogens (tertiary/aromatic N) is 1. The number of aliphatic hydroxyl groups excluding tert-OH is 1. The van der Waals surface area contributed by atoms with E-state index in [1.807, 2.05) is 57.2 Å². The number of carbonyl (C=O) groups excluding carboxylic acids is 3. The summed E-state index contributed by atoms with van der Waals surface area (Å²) in [7, 11) is 1.47. The van der Waals surface area contributed by atoms with Gasteiger partial charge in [-0.05, 0) is 58.2 Å². The molecule has 0 fully saturated rings. The summed E-state index contributed by atoms with van der Waals surface area (Å²) in [6, 6.07) is 10.7. The number of amides is 3. The lowest BCUT2D eigenvalue weighted by Crippen LogP contribution is -2.52. The summed E-state index contributed by atoms with van der Waals surface area (Å²) in [5.41, 5.74) is 3.23. The molecular weight excluding hydrogens is 434 g/mol. The van der Waals surface area contributed by atoms with Crippen LogP contribution in [0.25, 0.3) is 0 Å². The van der Waals surface area contributed by atoms with Gasteiger partial charge in [0.1, 0.15) is 17.7 Å². The van der Waals surface area contributed by atoms with Gasteiger partial charge in [-0.2, -0.15) is 0 Å². The van der Waals surface area contributed by atoms with Crippen LogP contribution in [0.2, 0.25) is 0 Å². The molecule has 0 aliphatic rings. The van der Waals surface area contributed by atoms with Gasteiger partial charge in [0, 0.05) is 12.7 Å². The summed E-state index contributed by atoms with van der Waals surface area (Å²) < 4.78 is 5.20. The summed E-state index contributed by atoms with van der Waals surface area (Å²) in [4.78, 5) is 40.2. The molecule has 0 bridgehead atoms. The largest absolute Gasteiger partial charge is 0.444 e. The van der Waals surface area contributed by atoms with Gasteiger partial charge in [-0.1, -0.05) is 48.0 Å². The second kappa shape index (κ2) is 11.2. The minimum Gasteiger partial charge on any atom is -0.444 e. The van der Waals surface area contributed by atoms with E-state index in [1.165, 1.54) is 11.9 Å². The van der Waals surface area contributed by atoms with Crippen LogP contribution in [0.3, 0.4) is 0 Å². The molecule has 0 saturated carbocycles. The Kier molecular flexibility index (Phi) is 8.81. The number of alkyl carbamates (subject to hydrolysis) is 1. The number of nitrogens with one attached hydrogen (secondary N) is 2. The van der Waals surface area contributed by atoms with Crippen LogP contribution < -0.4 is 10.6 Å². The number of para-hydroxylation sites is 1. The number of likely N-dealkylation sites (N-methyl/N-ethyl adjacent to an activating group) is 1. The van der Waals surface area contributed by atoms with Gasteiger partial charge in [-0.15, -0.1) is 0 Å². The van der Waals surface area contributed by atoms with E-state index in [0.29, 0.717) is 11.3 Å². The molecule has 0 radical (unpaired) electrons. The molecule has 0 aromatic heterocycles. The Morgan fingerprint density at radius 3 is 2.15 bits per heavy atom. The number of aryl methyl sites for hydroxylation is 3. The van der Waals surface area contributed by atoms with E-state index in [-0.39, 0.29) is 0 Å². The van der Waals surface area contributed by atoms with Crippen molar-refractivity contribution >= 4 is 23.6 Å². The first kappa shape index (κ1) is 26.9. The van der Waals surface area contributed by atoms with Crippen LogP contribution in [0.4, 0.5) is 10.5 Å². The van der Waals surface area contributed by atoms with Crippen molar-refractivity contribution in [3.63, 3.8) is 0 Å². The van der Waals surface area contributed by atoms with Crippen molar-refractivity contribution in [1.82, 2.24) is 10.2 Å². The van der Waals surface area contributed by atoms with E-state index in [9.17, 15) is 19.5 Å². The molecule has 0 aliphatic carbocycles. The van der Waals surface area contributed by atoms with Crippen LogP contribution in [0.15, 0.2) is 42.5 Å². The van der Waals surface area contributed by atoms with Gasteiger partial charge in [0.15, 0.2) is 0 Å². The highest BCUT2D eigenvalue weighted by atomic mass is 16.6. The molecule has 0 aliphatic heterocycles. The highest BCUT2D eigenvalue weighted by Crippen LogP contribution is 2.26. The molecule has 8 heteroatoms. The third kappa shape index (κ3) is 7.05. The van der Waals surface area contributed by atoms with Crippen molar-refractivity contribution < 1.29 is 24.2 Å². The second-order valence-electron chi connectivity index (χ2n) is 9.40. The standard InChI is InChI=1S/C26H35N3O5/c1-16-10-8-13-19(14-16)22(23(31)28-21-17(2)11-9-12-18(21)3)29(7)24(32)20(15-30)27-25(33)34-26(4,5)6/h8-14,20,22,30H,15H2,1-7H3,(H,27,33)(H,28,31). The van der Waals surface area contributed by atoms with Crippen LogP contribution in [-0.2, 0) is 14.3 Å². The molecule has 34 heavy (non-hydrogen) atoms. The van der Waals surface area contributed by atoms with Gasteiger partial charge >= 0.3 is 6.09 Å². The lowest BCUT2D eigenvalue weighted by atomic mass is 10.0. The lowest BCUT2D eigenvalue weighted by Gasteiger charge is -2.31. The van der Waals surface area contributed by atoms with E-state index < -0.39 is 42.2 Å². The molecular formula is C26H35N3O5. The number of anilines is 1. The fourth-order valence-electron chi connectivity index (χ4n) is 3.60. The number of carbonyl (C=O) groups is 3. The summed E-state index contributed by atoms with van der Waals surface area (Å²) in [5, 5.41) is 15.2. The third-order valence-corrected chi connectivity index (χ3v) is 5.24. The van der Waals surface area contributed by atoms with Crippen molar-refractivity contribution in [2.75, 3.05) is 19.0 Å². The molecule has 3 N–H and O–H groups in total. The lowest BCUT2D eigenvalue weighted by molar-refractivity contribution is -0.139. The molecule has 184 valence electrons. The zero-order valence-electron chi connectivity index (χ0n) is 20.9. The van der Waals surface area contributed by atoms with E-state index >= 15 is 0 Å². The Bertz CT molecular complexity index is 1020. The highest BCUT2D eigenvalue weighted by Gasteiger charge is 2.34. The Balaban J connectivity index is 2.37. The number of hydrogen-bond acceptors (Lipinski definition) is 5. The molecule has 0 spiro atoms. The monoisotopic (exact) mass is 469 g/mol. The van der Waals surface area contributed by atoms with Gasteiger partial charge in [0.2, 0.25) is 5.91 Å². The van der Waals surface area contributed by atoms with Gasteiger partial charge < -0.3 is 25.4 Å². The molecule has 2 rings (SSSR count). The van der Waals surface area contributed by atoms with Crippen molar-refractivity contribution in [2.45, 2.75) is 59.2 Å². The van der Waals surface area contributed by atoms with Crippen LogP contribution in [0, 0.1) is 20.8 Å². The Labute approximate surface area is 201 Å². The van der Waals surface area contributed by atoms with Gasteiger partial charge in [0.05, 0.1) is 6.61 Å². The van der Waals surface area contributed by atoms with Gasteiger partial charge in [0.25, 0.3) is 5.91 Å². The average molecular weight is 470 g/mol. The summed E-state index contributed by atoms with van der Waals surface area (Å²) in [5.74, 6) is -1.04. The Hall–Kier alpha value is -3.39. The Morgan fingerprint density at radius 2 is 1.62 bits per heavy atom. The number of benzene rings is 2. The maximum atomic E-state index is 13.5. The zero-order valence-corrected chi connectivity index (χ0v) is 20.9. The molecule has 2 unspecified atom stereocenters. The fourth-order valence-corrected chi connectivity index (χ4v) is 3.60. The first-order valence-corrected chi connectivity index (χ1v) is 11.1. The maximum absolute atomic E-state index is 13.5. The van der Waals surface area contributed by atoms with E-state index in [0.717, 1.165) is 16.7 Å². The first-order chi connectivity index (χ1) is 15.8. The topological polar surface area (TPSA) is 108 Å². The number of aliphatic hydroxyl groups is 1. The molecule has 3 amide bonds. The van der Waals surface area contributed by atoms with Gasteiger partial charge in [-0.3, -0.25) is 9.59 Å². The number of hydrogen-bond donors (Lipinski definition) is 3. The van der Waals surface area contributed by atoms with E-state index in [2.05, 4.69) is 10.6 Å². The highest BCUT2D eigenvalue weighted by molar-refractivity contribution is 5.99. The van der Waals surface area contributed by atoms with Crippen molar-refractivity contribution in [3.8, 4) is 0 Å². The predicted octanol–water partition coefficient (Wildman–Crippen LogP) is 3.64.